The SMILES string of the molecule is c1ccc(CN2CCNCC2c2nc3ccccc3[nH]2)cc1. The fourth-order valence-corrected chi connectivity index (χ4v) is 3.15. The van der Waals surface area contributed by atoms with E-state index in [1.807, 2.05) is 12.1 Å². The topological polar surface area (TPSA) is 44.0 Å². The molecule has 4 heteroatoms. The first kappa shape index (κ1) is 13.5. The number of para-hydroxylation sites is 2. The summed E-state index contributed by atoms with van der Waals surface area (Å²) < 4.78 is 0. The van der Waals surface area contributed by atoms with Gasteiger partial charge in [-0.05, 0) is 17.7 Å². The van der Waals surface area contributed by atoms with E-state index < -0.39 is 0 Å². The summed E-state index contributed by atoms with van der Waals surface area (Å²) in [6, 6.07) is 19.2. The number of benzene rings is 2. The molecular weight excluding hydrogens is 272 g/mol. The van der Waals surface area contributed by atoms with Crippen LogP contribution in [0.15, 0.2) is 54.6 Å². The highest BCUT2D eigenvalue weighted by molar-refractivity contribution is 5.74. The largest absolute Gasteiger partial charge is 0.341 e. The monoisotopic (exact) mass is 292 g/mol. The van der Waals surface area contributed by atoms with Crippen molar-refractivity contribution in [3.05, 3.63) is 66.0 Å². The van der Waals surface area contributed by atoms with Gasteiger partial charge in [-0.3, -0.25) is 4.90 Å². The fraction of sp³-hybridized carbons (Fsp3) is 0.278. The molecule has 1 fully saturated rings. The number of fused-ring (bicyclic) bond motifs is 1. The minimum atomic E-state index is 0.293. The van der Waals surface area contributed by atoms with E-state index in [-0.39, 0.29) is 0 Å². The van der Waals surface area contributed by atoms with Gasteiger partial charge >= 0.3 is 0 Å². The van der Waals surface area contributed by atoms with Gasteiger partial charge < -0.3 is 10.3 Å². The molecule has 0 spiro atoms. The lowest BCUT2D eigenvalue weighted by Crippen LogP contribution is -2.45. The molecule has 1 aliphatic rings. The van der Waals surface area contributed by atoms with Crippen molar-refractivity contribution in [3.63, 3.8) is 0 Å². The molecular formula is C18H20N4. The van der Waals surface area contributed by atoms with E-state index in [2.05, 4.69) is 57.7 Å². The third kappa shape index (κ3) is 2.63. The highest BCUT2D eigenvalue weighted by Gasteiger charge is 2.26. The van der Waals surface area contributed by atoms with Crippen LogP contribution in [-0.2, 0) is 6.54 Å². The zero-order valence-corrected chi connectivity index (χ0v) is 12.5. The first-order valence-electron chi connectivity index (χ1n) is 7.83. The Hall–Kier alpha value is -2.17. The average Bonchev–Trinajstić information content (AvgIpc) is 3.00. The van der Waals surface area contributed by atoms with Gasteiger partial charge in [-0.15, -0.1) is 0 Å². The number of imidazole rings is 1. The molecule has 0 aliphatic carbocycles. The van der Waals surface area contributed by atoms with Crippen molar-refractivity contribution < 1.29 is 0 Å². The van der Waals surface area contributed by atoms with Crippen LogP contribution in [0, 0.1) is 0 Å². The van der Waals surface area contributed by atoms with Gasteiger partial charge in [0.1, 0.15) is 5.82 Å². The zero-order valence-electron chi connectivity index (χ0n) is 12.5. The van der Waals surface area contributed by atoms with E-state index in [1.54, 1.807) is 0 Å². The van der Waals surface area contributed by atoms with Crippen LogP contribution in [0.25, 0.3) is 11.0 Å². The lowest BCUT2D eigenvalue weighted by Gasteiger charge is -2.35. The minimum Gasteiger partial charge on any atom is -0.341 e. The van der Waals surface area contributed by atoms with Crippen molar-refractivity contribution in [1.82, 2.24) is 20.2 Å². The number of rotatable bonds is 3. The average molecular weight is 292 g/mol. The predicted molar refractivity (Wildman–Crippen MR) is 88.6 cm³/mol. The molecule has 3 aromatic rings. The van der Waals surface area contributed by atoms with E-state index in [4.69, 9.17) is 4.98 Å². The Kier molecular flexibility index (Phi) is 3.62. The normalized spacial score (nSPS) is 19.5. The van der Waals surface area contributed by atoms with Gasteiger partial charge in [0.05, 0.1) is 17.1 Å². The Morgan fingerprint density at radius 1 is 1.05 bits per heavy atom. The van der Waals surface area contributed by atoms with Crippen LogP contribution >= 0.6 is 0 Å². The Morgan fingerprint density at radius 3 is 2.73 bits per heavy atom. The fourth-order valence-electron chi connectivity index (χ4n) is 3.15. The summed E-state index contributed by atoms with van der Waals surface area (Å²) in [5.74, 6) is 1.06. The van der Waals surface area contributed by atoms with Gasteiger partial charge in [-0.1, -0.05) is 42.5 Å². The van der Waals surface area contributed by atoms with Crippen LogP contribution in [0.2, 0.25) is 0 Å². The van der Waals surface area contributed by atoms with Crippen molar-refractivity contribution in [2.45, 2.75) is 12.6 Å². The molecule has 1 atom stereocenters. The number of hydrogen-bond donors (Lipinski definition) is 2. The standard InChI is InChI=1S/C18H20N4/c1-2-6-14(7-3-1)13-22-11-10-19-12-17(22)18-20-15-8-4-5-9-16(15)21-18/h1-9,17,19H,10-13H2,(H,20,21). The first-order chi connectivity index (χ1) is 10.9. The van der Waals surface area contributed by atoms with Crippen molar-refractivity contribution in [2.75, 3.05) is 19.6 Å². The molecule has 2 heterocycles. The van der Waals surface area contributed by atoms with Crippen molar-refractivity contribution in [2.24, 2.45) is 0 Å². The molecule has 1 aliphatic heterocycles. The van der Waals surface area contributed by atoms with Gasteiger partial charge in [0.2, 0.25) is 0 Å². The number of nitrogens with one attached hydrogen (secondary N) is 2. The van der Waals surface area contributed by atoms with E-state index in [0.29, 0.717) is 6.04 Å². The summed E-state index contributed by atoms with van der Waals surface area (Å²) in [7, 11) is 0. The highest BCUT2D eigenvalue weighted by Crippen LogP contribution is 2.24. The zero-order chi connectivity index (χ0) is 14.8. The number of aromatic amines is 1. The Morgan fingerprint density at radius 2 is 1.86 bits per heavy atom. The molecule has 0 amide bonds. The number of aromatic nitrogens is 2. The molecule has 0 radical (unpaired) electrons. The molecule has 0 saturated carbocycles. The summed E-state index contributed by atoms with van der Waals surface area (Å²) in [5, 5.41) is 3.49. The minimum absolute atomic E-state index is 0.293. The third-order valence-electron chi connectivity index (χ3n) is 4.31. The molecule has 22 heavy (non-hydrogen) atoms. The molecule has 2 N–H and O–H groups in total. The van der Waals surface area contributed by atoms with Crippen LogP contribution in [0.5, 0.6) is 0 Å². The summed E-state index contributed by atoms with van der Waals surface area (Å²) >= 11 is 0. The smallest absolute Gasteiger partial charge is 0.126 e. The first-order valence-corrected chi connectivity index (χ1v) is 7.83. The highest BCUT2D eigenvalue weighted by atomic mass is 15.2. The quantitative estimate of drug-likeness (QED) is 0.780. The van der Waals surface area contributed by atoms with Gasteiger partial charge in [0.15, 0.2) is 0 Å². The van der Waals surface area contributed by atoms with Gasteiger partial charge in [0.25, 0.3) is 0 Å². The lowest BCUT2D eigenvalue weighted by molar-refractivity contribution is 0.148. The lowest BCUT2D eigenvalue weighted by atomic mass is 10.1. The van der Waals surface area contributed by atoms with Crippen LogP contribution in [0.3, 0.4) is 0 Å². The third-order valence-corrected chi connectivity index (χ3v) is 4.31. The second kappa shape index (κ2) is 5.91. The molecule has 2 aromatic carbocycles. The molecule has 1 aromatic heterocycles. The maximum Gasteiger partial charge on any atom is 0.126 e. The van der Waals surface area contributed by atoms with Gasteiger partial charge in [0, 0.05) is 26.2 Å². The number of H-pyrrole nitrogens is 1. The Balaban J connectivity index is 1.62. The molecule has 1 saturated heterocycles. The van der Waals surface area contributed by atoms with Crippen LogP contribution < -0.4 is 5.32 Å². The number of nitrogens with zero attached hydrogens (tertiary/aromatic N) is 2. The number of hydrogen-bond acceptors (Lipinski definition) is 3. The van der Waals surface area contributed by atoms with E-state index in [0.717, 1.165) is 43.0 Å². The maximum atomic E-state index is 4.79. The maximum absolute atomic E-state index is 4.79. The molecule has 1 unspecified atom stereocenters. The van der Waals surface area contributed by atoms with E-state index in [1.165, 1.54) is 5.56 Å². The van der Waals surface area contributed by atoms with Crippen LogP contribution in [-0.4, -0.2) is 34.5 Å². The number of piperazine rings is 1. The summed E-state index contributed by atoms with van der Waals surface area (Å²) in [4.78, 5) is 10.8. The van der Waals surface area contributed by atoms with Crippen LogP contribution in [0.1, 0.15) is 17.4 Å². The van der Waals surface area contributed by atoms with Crippen molar-refractivity contribution >= 4 is 11.0 Å². The van der Waals surface area contributed by atoms with Crippen LogP contribution in [0.4, 0.5) is 0 Å². The molecule has 0 bridgehead atoms. The van der Waals surface area contributed by atoms with E-state index in [9.17, 15) is 0 Å². The molecule has 112 valence electrons. The second-order valence-electron chi connectivity index (χ2n) is 5.82. The second-order valence-corrected chi connectivity index (χ2v) is 5.82. The summed E-state index contributed by atoms with van der Waals surface area (Å²) in [5.41, 5.74) is 3.51. The van der Waals surface area contributed by atoms with Crippen molar-refractivity contribution in [3.8, 4) is 0 Å². The Bertz CT molecular complexity index is 717. The summed E-state index contributed by atoms with van der Waals surface area (Å²) in [6.45, 7) is 3.97. The van der Waals surface area contributed by atoms with E-state index >= 15 is 0 Å². The van der Waals surface area contributed by atoms with Gasteiger partial charge in [-0.25, -0.2) is 4.98 Å². The molecule has 4 rings (SSSR count). The van der Waals surface area contributed by atoms with Gasteiger partial charge in [-0.2, -0.15) is 0 Å². The Labute approximate surface area is 130 Å². The van der Waals surface area contributed by atoms with Crippen molar-refractivity contribution in [1.29, 1.82) is 0 Å². The molecule has 4 nitrogen and oxygen atoms in total. The summed E-state index contributed by atoms with van der Waals surface area (Å²) in [6.07, 6.45) is 0. The predicted octanol–water partition coefficient (Wildman–Crippen LogP) is 2.71.